The van der Waals surface area contributed by atoms with E-state index >= 15 is 0 Å². The standard InChI is InChI=1S/C12H13N2O2/c1-8(7-15)6-11(16)9-4-2-3-5-10(9)12(13)14/h2-5,8H,6H2,1H3,(H3,13,14). The summed E-state index contributed by atoms with van der Waals surface area (Å²) in [4.78, 5) is 22.2. The van der Waals surface area contributed by atoms with E-state index in [1.54, 1.807) is 37.5 Å². The quantitative estimate of drug-likeness (QED) is 0.443. The van der Waals surface area contributed by atoms with Crippen LogP contribution < -0.4 is 5.73 Å². The molecule has 1 rings (SSSR count). The third-order valence-corrected chi connectivity index (χ3v) is 2.21. The highest BCUT2D eigenvalue weighted by molar-refractivity contribution is 6.08. The number of hydrogen-bond acceptors (Lipinski definition) is 3. The molecule has 0 amide bonds. The summed E-state index contributed by atoms with van der Waals surface area (Å²) in [6.45, 7) is 1.63. The van der Waals surface area contributed by atoms with Crippen LogP contribution in [-0.2, 0) is 4.79 Å². The number of ketones is 1. The number of rotatable bonds is 5. The van der Waals surface area contributed by atoms with Gasteiger partial charge in [0.1, 0.15) is 5.84 Å². The van der Waals surface area contributed by atoms with Crippen LogP contribution in [-0.4, -0.2) is 17.9 Å². The first-order chi connectivity index (χ1) is 7.56. The lowest BCUT2D eigenvalue weighted by atomic mass is 9.96. The van der Waals surface area contributed by atoms with Gasteiger partial charge in [-0.1, -0.05) is 31.2 Å². The maximum Gasteiger partial charge on any atom is 0.201 e. The molecule has 1 radical (unpaired) electrons. The predicted molar refractivity (Wildman–Crippen MR) is 61.3 cm³/mol. The van der Waals surface area contributed by atoms with Gasteiger partial charge in [-0.2, -0.15) is 0 Å². The zero-order chi connectivity index (χ0) is 12.1. The first-order valence-electron chi connectivity index (χ1n) is 4.90. The Bertz CT molecular complexity index is 427. The van der Waals surface area contributed by atoms with E-state index in [2.05, 4.69) is 0 Å². The molecule has 1 unspecified atom stereocenters. The van der Waals surface area contributed by atoms with Gasteiger partial charge in [0.05, 0.1) is 0 Å². The van der Waals surface area contributed by atoms with E-state index in [0.29, 0.717) is 11.1 Å². The van der Waals surface area contributed by atoms with E-state index < -0.39 is 5.92 Å². The van der Waals surface area contributed by atoms with Gasteiger partial charge in [0.25, 0.3) is 0 Å². The molecular weight excluding hydrogens is 204 g/mol. The van der Waals surface area contributed by atoms with Gasteiger partial charge in [-0.15, -0.1) is 0 Å². The van der Waals surface area contributed by atoms with Crippen LogP contribution in [0, 0.1) is 11.3 Å². The molecule has 4 nitrogen and oxygen atoms in total. The van der Waals surface area contributed by atoms with E-state index in [1.807, 2.05) is 0 Å². The first-order valence-corrected chi connectivity index (χ1v) is 4.90. The Hall–Kier alpha value is -1.97. The molecule has 0 aliphatic heterocycles. The molecule has 0 saturated carbocycles. The molecule has 0 aliphatic carbocycles. The molecule has 1 aromatic carbocycles. The van der Waals surface area contributed by atoms with Crippen molar-refractivity contribution in [3.05, 3.63) is 35.4 Å². The highest BCUT2D eigenvalue weighted by Crippen LogP contribution is 2.13. The number of carbonyl (C=O) groups excluding carboxylic acids is 2. The molecule has 0 spiro atoms. The van der Waals surface area contributed by atoms with Crippen molar-refractivity contribution in [3.63, 3.8) is 0 Å². The van der Waals surface area contributed by atoms with Crippen molar-refractivity contribution in [1.82, 2.24) is 0 Å². The minimum atomic E-state index is -0.437. The summed E-state index contributed by atoms with van der Waals surface area (Å²) in [6, 6.07) is 6.64. The van der Waals surface area contributed by atoms with E-state index in [-0.39, 0.29) is 18.0 Å². The summed E-state index contributed by atoms with van der Waals surface area (Å²) >= 11 is 0. The Balaban J connectivity index is 2.99. The average Bonchev–Trinajstić information content (AvgIpc) is 2.28. The largest absolute Gasteiger partial charge is 0.384 e. The molecule has 0 aromatic heterocycles. The van der Waals surface area contributed by atoms with Crippen LogP contribution in [0.25, 0.3) is 0 Å². The van der Waals surface area contributed by atoms with Crippen molar-refractivity contribution in [2.24, 2.45) is 11.7 Å². The molecule has 1 aromatic rings. The van der Waals surface area contributed by atoms with Crippen LogP contribution in [0.2, 0.25) is 0 Å². The van der Waals surface area contributed by atoms with Crippen LogP contribution in [0.3, 0.4) is 0 Å². The van der Waals surface area contributed by atoms with E-state index in [0.717, 1.165) is 0 Å². The summed E-state index contributed by atoms with van der Waals surface area (Å²) in [5, 5.41) is 7.35. The van der Waals surface area contributed by atoms with Gasteiger partial charge in [0.15, 0.2) is 5.78 Å². The summed E-state index contributed by atoms with van der Waals surface area (Å²) < 4.78 is 0. The second-order valence-electron chi connectivity index (χ2n) is 3.61. The van der Waals surface area contributed by atoms with E-state index in [9.17, 15) is 9.59 Å². The molecule has 0 bridgehead atoms. The maximum atomic E-state index is 11.8. The zero-order valence-corrected chi connectivity index (χ0v) is 8.99. The fourth-order valence-electron chi connectivity index (χ4n) is 1.39. The number of nitrogens with two attached hydrogens (primary N) is 1. The van der Waals surface area contributed by atoms with Crippen LogP contribution in [0.1, 0.15) is 29.3 Å². The first kappa shape index (κ1) is 12.1. The second kappa shape index (κ2) is 5.21. The van der Waals surface area contributed by atoms with Gasteiger partial charge >= 0.3 is 0 Å². The van der Waals surface area contributed by atoms with E-state index in [1.165, 1.54) is 0 Å². The lowest BCUT2D eigenvalue weighted by molar-refractivity contribution is 0.0973. The molecule has 3 N–H and O–H groups in total. The Morgan fingerprint density at radius 2 is 2.00 bits per heavy atom. The van der Waals surface area contributed by atoms with Gasteiger partial charge in [-0.25, -0.2) is 0 Å². The second-order valence-corrected chi connectivity index (χ2v) is 3.61. The molecule has 0 saturated heterocycles. The third-order valence-electron chi connectivity index (χ3n) is 2.21. The Kier molecular flexibility index (Phi) is 3.94. The number of hydrogen-bond donors (Lipinski definition) is 2. The fourth-order valence-corrected chi connectivity index (χ4v) is 1.39. The van der Waals surface area contributed by atoms with Gasteiger partial charge in [0, 0.05) is 23.5 Å². The minimum Gasteiger partial charge on any atom is -0.384 e. The van der Waals surface area contributed by atoms with Crippen LogP contribution in [0.5, 0.6) is 0 Å². The smallest absolute Gasteiger partial charge is 0.201 e. The number of Topliss-reactive ketones (excluding diaryl/α,β-unsaturated/α-hetero) is 1. The minimum absolute atomic E-state index is 0.0911. The molecule has 4 heteroatoms. The van der Waals surface area contributed by atoms with Crippen molar-refractivity contribution < 1.29 is 9.59 Å². The number of carbonyl (C=O) groups is 1. The average molecular weight is 217 g/mol. The molecule has 0 heterocycles. The van der Waals surface area contributed by atoms with Crippen molar-refractivity contribution in [1.29, 1.82) is 5.41 Å². The highest BCUT2D eigenvalue weighted by atomic mass is 16.1. The maximum absolute atomic E-state index is 11.8. The normalized spacial score (nSPS) is 11.8. The summed E-state index contributed by atoms with van der Waals surface area (Å²) in [7, 11) is 0. The van der Waals surface area contributed by atoms with Crippen molar-refractivity contribution in [3.8, 4) is 0 Å². The topological polar surface area (TPSA) is 84.0 Å². The molecular formula is C12H13N2O2. The zero-order valence-electron chi connectivity index (χ0n) is 8.99. The van der Waals surface area contributed by atoms with Gasteiger partial charge in [0.2, 0.25) is 6.29 Å². The molecule has 0 aliphatic rings. The van der Waals surface area contributed by atoms with Crippen LogP contribution >= 0.6 is 0 Å². The summed E-state index contributed by atoms with van der Waals surface area (Å²) in [6.07, 6.45) is 1.85. The van der Waals surface area contributed by atoms with Gasteiger partial charge in [-0.3, -0.25) is 15.0 Å². The number of benzene rings is 1. The highest BCUT2D eigenvalue weighted by Gasteiger charge is 2.15. The van der Waals surface area contributed by atoms with Crippen molar-refractivity contribution >= 4 is 17.9 Å². The van der Waals surface area contributed by atoms with Crippen molar-refractivity contribution in [2.45, 2.75) is 13.3 Å². The van der Waals surface area contributed by atoms with Crippen LogP contribution in [0.15, 0.2) is 24.3 Å². The van der Waals surface area contributed by atoms with Crippen molar-refractivity contribution in [2.75, 3.05) is 0 Å². The Morgan fingerprint density at radius 1 is 1.44 bits per heavy atom. The molecule has 16 heavy (non-hydrogen) atoms. The summed E-state index contributed by atoms with van der Waals surface area (Å²) in [5.74, 6) is -0.777. The molecule has 0 fully saturated rings. The lowest BCUT2D eigenvalue weighted by Crippen LogP contribution is -2.17. The van der Waals surface area contributed by atoms with Gasteiger partial charge in [-0.05, 0) is 0 Å². The van der Waals surface area contributed by atoms with E-state index in [4.69, 9.17) is 11.1 Å². The molecule has 1 atom stereocenters. The summed E-state index contributed by atoms with van der Waals surface area (Å²) in [5.41, 5.74) is 6.16. The SMILES string of the molecule is CC([C]=O)CC(=O)c1ccccc1C(=N)N. The number of nitrogens with one attached hydrogen (secondary N) is 1. The fraction of sp³-hybridized carbons (Fsp3) is 0.250. The number of nitrogen functional groups attached to an aromatic ring is 1. The Morgan fingerprint density at radius 3 is 2.50 bits per heavy atom. The monoisotopic (exact) mass is 217 g/mol. The van der Waals surface area contributed by atoms with Crippen LogP contribution in [0.4, 0.5) is 0 Å². The molecule has 83 valence electrons. The number of amidine groups is 1. The lowest BCUT2D eigenvalue weighted by Gasteiger charge is -2.07. The Labute approximate surface area is 94.0 Å². The van der Waals surface area contributed by atoms with Gasteiger partial charge < -0.3 is 5.73 Å². The predicted octanol–water partition coefficient (Wildman–Crippen LogP) is 1.29. The third kappa shape index (κ3) is 2.76.